The molecule has 0 saturated carbocycles. The lowest BCUT2D eigenvalue weighted by Gasteiger charge is -2.10. The summed E-state index contributed by atoms with van der Waals surface area (Å²) in [6, 6.07) is 26.1. The lowest BCUT2D eigenvalue weighted by molar-refractivity contribution is -0.118. The van der Waals surface area contributed by atoms with Crippen molar-refractivity contribution in [1.29, 1.82) is 0 Å². The van der Waals surface area contributed by atoms with E-state index in [4.69, 9.17) is 0 Å². The second-order valence-corrected chi connectivity index (χ2v) is 8.46. The van der Waals surface area contributed by atoms with Gasteiger partial charge in [0.25, 0.3) is 5.91 Å². The van der Waals surface area contributed by atoms with Crippen LogP contribution in [0.4, 0.5) is 0 Å². The number of hydrazone groups is 1. The summed E-state index contributed by atoms with van der Waals surface area (Å²) >= 11 is 1.32. The molecule has 166 valence electrons. The van der Waals surface area contributed by atoms with E-state index in [-0.39, 0.29) is 11.7 Å². The van der Waals surface area contributed by atoms with Crippen molar-refractivity contribution in [3.05, 3.63) is 95.6 Å². The zero-order chi connectivity index (χ0) is 23.0. The Kier molecular flexibility index (Phi) is 7.32. The van der Waals surface area contributed by atoms with Gasteiger partial charge in [-0.05, 0) is 36.6 Å². The maximum atomic E-state index is 12.4. The first-order valence-electron chi connectivity index (χ1n) is 10.8. The molecular weight excluding hydrogens is 430 g/mol. The summed E-state index contributed by atoms with van der Waals surface area (Å²) in [4.78, 5) is 12.4. The molecule has 0 fully saturated rings. The summed E-state index contributed by atoms with van der Waals surface area (Å²) < 4.78 is 1.98. The second kappa shape index (κ2) is 10.7. The number of nitrogens with one attached hydrogen (secondary N) is 1. The number of thioether (sulfide) groups is 1. The van der Waals surface area contributed by atoms with Gasteiger partial charge < -0.3 is 0 Å². The fourth-order valence-corrected chi connectivity index (χ4v) is 3.99. The number of aromatic nitrogens is 3. The van der Waals surface area contributed by atoms with Crippen LogP contribution in [0.2, 0.25) is 0 Å². The molecule has 0 aliphatic heterocycles. The molecule has 0 spiro atoms. The van der Waals surface area contributed by atoms with Crippen molar-refractivity contribution in [2.75, 3.05) is 5.75 Å². The third kappa shape index (κ3) is 5.75. The topological polar surface area (TPSA) is 72.2 Å². The van der Waals surface area contributed by atoms with Crippen LogP contribution >= 0.6 is 11.8 Å². The van der Waals surface area contributed by atoms with Crippen LogP contribution in [-0.4, -0.2) is 32.6 Å². The number of carbonyl (C=O) groups excluding carboxylic acids is 1. The van der Waals surface area contributed by atoms with Crippen molar-refractivity contribution in [1.82, 2.24) is 20.2 Å². The average Bonchev–Trinajstić information content (AvgIpc) is 3.28. The number of benzene rings is 3. The molecule has 0 aliphatic carbocycles. The van der Waals surface area contributed by atoms with Crippen molar-refractivity contribution < 1.29 is 4.79 Å². The van der Waals surface area contributed by atoms with Gasteiger partial charge in [0.15, 0.2) is 11.0 Å². The number of hydrogen-bond acceptors (Lipinski definition) is 5. The van der Waals surface area contributed by atoms with Crippen LogP contribution < -0.4 is 5.43 Å². The van der Waals surface area contributed by atoms with E-state index in [0.29, 0.717) is 5.16 Å². The van der Waals surface area contributed by atoms with Crippen LogP contribution in [-0.2, 0) is 11.2 Å². The van der Waals surface area contributed by atoms with Gasteiger partial charge in [0.2, 0.25) is 0 Å². The number of nitrogens with zero attached hydrogens (tertiary/aromatic N) is 4. The third-order valence-electron chi connectivity index (χ3n) is 5.08. The quantitative estimate of drug-likeness (QED) is 0.229. The highest BCUT2D eigenvalue weighted by molar-refractivity contribution is 7.99. The zero-order valence-electron chi connectivity index (χ0n) is 18.6. The molecule has 3 aromatic carbocycles. The predicted octanol–water partition coefficient (Wildman–Crippen LogP) is 5.05. The van der Waals surface area contributed by atoms with Gasteiger partial charge >= 0.3 is 0 Å². The van der Waals surface area contributed by atoms with Gasteiger partial charge in [-0.1, -0.05) is 91.0 Å². The highest BCUT2D eigenvalue weighted by Gasteiger charge is 2.17. The zero-order valence-corrected chi connectivity index (χ0v) is 19.4. The van der Waals surface area contributed by atoms with Crippen molar-refractivity contribution in [3.8, 4) is 17.1 Å². The van der Waals surface area contributed by atoms with Gasteiger partial charge in [0, 0.05) is 11.3 Å². The van der Waals surface area contributed by atoms with Crippen molar-refractivity contribution >= 4 is 23.9 Å². The number of amides is 1. The summed E-state index contributed by atoms with van der Waals surface area (Å²) in [5.41, 5.74) is 7.86. The summed E-state index contributed by atoms with van der Waals surface area (Å²) in [6.07, 6.45) is 2.63. The minimum Gasteiger partial charge on any atom is -0.272 e. The molecule has 4 rings (SSSR count). The van der Waals surface area contributed by atoms with E-state index in [0.717, 1.165) is 29.1 Å². The Bertz CT molecular complexity index is 1230. The summed E-state index contributed by atoms with van der Waals surface area (Å²) in [6.45, 7) is 4.16. The van der Waals surface area contributed by atoms with Gasteiger partial charge in [-0.25, -0.2) is 5.43 Å². The normalized spacial score (nSPS) is 11.1. The fourth-order valence-electron chi connectivity index (χ4n) is 3.24. The molecule has 7 heteroatoms. The van der Waals surface area contributed by atoms with Crippen molar-refractivity contribution in [2.24, 2.45) is 5.10 Å². The molecular formula is C26H25N5OS. The molecule has 6 nitrogen and oxygen atoms in total. The largest absolute Gasteiger partial charge is 0.272 e. The Labute approximate surface area is 197 Å². The van der Waals surface area contributed by atoms with Crippen LogP contribution in [0.15, 0.2) is 89.1 Å². The minimum absolute atomic E-state index is 0.172. The van der Waals surface area contributed by atoms with E-state index in [1.165, 1.54) is 22.9 Å². The number of hydrogen-bond donors (Lipinski definition) is 1. The van der Waals surface area contributed by atoms with Gasteiger partial charge in [-0.3, -0.25) is 9.36 Å². The number of rotatable bonds is 8. The third-order valence-corrected chi connectivity index (χ3v) is 6.01. The highest BCUT2D eigenvalue weighted by Crippen LogP contribution is 2.28. The van der Waals surface area contributed by atoms with E-state index < -0.39 is 0 Å². The van der Waals surface area contributed by atoms with E-state index in [1.54, 1.807) is 6.21 Å². The maximum Gasteiger partial charge on any atom is 0.250 e. The Morgan fingerprint density at radius 2 is 1.73 bits per heavy atom. The lowest BCUT2D eigenvalue weighted by atomic mass is 10.1. The van der Waals surface area contributed by atoms with Gasteiger partial charge in [-0.2, -0.15) is 5.10 Å². The van der Waals surface area contributed by atoms with E-state index in [2.05, 4.69) is 39.8 Å². The Hall–Kier alpha value is -3.71. The highest BCUT2D eigenvalue weighted by atomic mass is 32.2. The van der Waals surface area contributed by atoms with Crippen LogP contribution in [0, 0.1) is 6.92 Å². The molecule has 0 atom stereocenters. The van der Waals surface area contributed by atoms with E-state index in [1.807, 2.05) is 78.2 Å². The lowest BCUT2D eigenvalue weighted by Crippen LogP contribution is -2.20. The molecule has 33 heavy (non-hydrogen) atoms. The first kappa shape index (κ1) is 22.5. The number of aryl methyl sites for hydroxylation is 2. The Morgan fingerprint density at radius 3 is 2.42 bits per heavy atom. The summed E-state index contributed by atoms with van der Waals surface area (Å²) in [5, 5.41) is 13.5. The molecule has 1 N–H and O–H groups in total. The molecule has 0 unspecified atom stereocenters. The molecule has 4 aromatic rings. The Morgan fingerprint density at radius 1 is 1.00 bits per heavy atom. The smallest absolute Gasteiger partial charge is 0.250 e. The summed E-state index contributed by atoms with van der Waals surface area (Å²) in [7, 11) is 0. The molecule has 0 saturated heterocycles. The standard InChI is InChI=1S/C26H25N5OS/c1-3-20-11-13-21(14-12-20)17-27-28-24(32)18-33-26-30-29-25(22-7-5-4-6-8-22)31(26)23-15-9-19(2)10-16-23/h4-17H,3,18H2,1-2H3,(H,28,32)/b27-17-. The van der Waals surface area contributed by atoms with Crippen LogP contribution in [0.1, 0.15) is 23.6 Å². The SMILES string of the molecule is CCc1ccc(/C=N\NC(=O)CSc2nnc(-c3ccccc3)n2-c2ccc(C)cc2)cc1. The van der Waals surface area contributed by atoms with Gasteiger partial charge in [0.1, 0.15) is 0 Å². The average molecular weight is 456 g/mol. The number of carbonyl (C=O) groups is 1. The molecule has 1 aromatic heterocycles. The predicted molar refractivity (Wildman–Crippen MR) is 134 cm³/mol. The van der Waals surface area contributed by atoms with Gasteiger partial charge in [0.05, 0.1) is 12.0 Å². The first-order chi connectivity index (χ1) is 16.1. The van der Waals surface area contributed by atoms with Crippen molar-refractivity contribution in [2.45, 2.75) is 25.4 Å². The second-order valence-electron chi connectivity index (χ2n) is 7.52. The van der Waals surface area contributed by atoms with E-state index >= 15 is 0 Å². The molecule has 0 radical (unpaired) electrons. The monoisotopic (exact) mass is 455 g/mol. The molecule has 1 amide bonds. The molecule has 0 aliphatic rings. The summed E-state index contributed by atoms with van der Waals surface area (Å²) in [5.74, 6) is 0.697. The fraction of sp³-hybridized carbons (Fsp3) is 0.154. The molecule has 1 heterocycles. The van der Waals surface area contributed by atoms with E-state index in [9.17, 15) is 4.79 Å². The molecule has 0 bridgehead atoms. The van der Waals surface area contributed by atoms with Crippen LogP contribution in [0.5, 0.6) is 0 Å². The first-order valence-corrected chi connectivity index (χ1v) is 11.7. The van der Waals surface area contributed by atoms with Crippen LogP contribution in [0.3, 0.4) is 0 Å². The van der Waals surface area contributed by atoms with Gasteiger partial charge in [-0.15, -0.1) is 10.2 Å². The van der Waals surface area contributed by atoms with Crippen LogP contribution in [0.25, 0.3) is 17.1 Å². The van der Waals surface area contributed by atoms with Crippen molar-refractivity contribution in [3.63, 3.8) is 0 Å². The minimum atomic E-state index is -0.207. The maximum absolute atomic E-state index is 12.4. The Balaban J connectivity index is 1.47.